The number of hydrogen-bond donors (Lipinski definition) is 1. The van der Waals surface area contributed by atoms with Gasteiger partial charge in [-0.3, -0.25) is 4.79 Å². The second-order valence-corrected chi connectivity index (χ2v) is 12.9. The summed E-state index contributed by atoms with van der Waals surface area (Å²) in [7, 11) is 4.17. The highest BCUT2D eigenvalue weighted by molar-refractivity contribution is 5.91. The Balaban J connectivity index is 1.63. The van der Waals surface area contributed by atoms with Gasteiger partial charge in [0.15, 0.2) is 5.78 Å². The van der Waals surface area contributed by atoms with Gasteiger partial charge in [0.2, 0.25) is 0 Å². The Morgan fingerprint density at radius 2 is 1.77 bits per heavy atom. The summed E-state index contributed by atoms with van der Waals surface area (Å²) < 4.78 is 0. The van der Waals surface area contributed by atoms with Crippen LogP contribution < -0.4 is 4.90 Å². The minimum absolute atomic E-state index is 0.0629. The molecular formula is C32H43NO2. The molecule has 1 N–H and O–H groups in total. The summed E-state index contributed by atoms with van der Waals surface area (Å²) in [4.78, 5) is 14.5. The highest BCUT2D eigenvalue weighted by Crippen LogP contribution is 2.70. The van der Waals surface area contributed by atoms with E-state index in [1.54, 1.807) is 0 Å². The first-order valence-corrected chi connectivity index (χ1v) is 13.7. The molecule has 0 bridgehead atoms. The lowest BCUT2D eigenvalue weighted by Gasteiger charge is -2.61. The van der Waals surface area contributed by atoms with Gasteiger partial charge in [0.1, 0.15) is 5.60 Å². The van der Waals surface area contributed by atoms with Crippen molar-refractivity contribution in [3.8, 4) is 11.8 Å². The topological polar surface area (TPSA) is 40.5 Å². The molecule has 4 aliphatic carbocycles. The average molecular weight is 474 g/mol. The Hall–Kier alpha value is -2.05. The van der Waals surface area contributed by atoms with Gasteiger partial charge in [0, 0.05) is 37.5 Å². The molecule has 1 unspecified atom stereocenters. The fraction of sp³-hybridized carbons (Fsp3) is 0.656. The highest BCUT2D eigenvalue weighted by atomic mass is 16.3. The van der Waals surface area contributed by atoms with E-state index in [1.807, 2.05) is 6.08 Å². The van der Waals surface area contributed by atoms with Crippen LogP contribution in [0.2, 0.25) is 0 Å². The molecule has 5 rings (SSSR count). The normalized spacial score (nSPS) is 40.2. The van der Waals surface area contributed by atoms with Crippen LogP contribution in [0.4, 0.5) is 5.69 Å². The Labute approximate surface area is 212 Å². The predicted molar refractivity (Wildman–Crippen MR) is 143 cm³/mol. The first-order chi connectivity index (χ1) is 16.5. The second-order valence-electron chi connectivity index (χ2n) is 12.9. The van der Waals surface area contributed by atoms with E-state index >= 15 is 0 Å². The summed E-state index contributed by atoms with van der Waals surface area (Å²) in [5, 5.41) is 12.1. The molecule has 188 valence electrons. The van der Waals surface area contributed by atoms with Gasteiger partial charge < -0.3 is 10.0 Å². The first kappa shape index (κ1) is 24.6. The quantitative estimate of drug-likeness (QED) is 0.508. The van der Waals surface area contributed by atoms with Crippen LogP contribution >= 0.6 is 0 Å². The third-order valence-electron chi connectivity index (χ3n) is 10.5. The third kappa shape index (κ3) is 3.79. The Morgan fingerprint density at radius 3 is 2.43 bits per heavy atom. The number of benzene rings is 1. The molecule has 0 radical (unpaired) electrons. The number of carbonyl (C=O) groups is 1. The lowest BCUT2D eigenvalue weighted by molar-refractivity contribution is -0.122. The van der Waals surface area contributed by atoms with Crippen molar-refractivity contribution in [2.75, 3.05) is 19.0 Å². The monoisotopic (exact) mass is 473 g/mol. The van der Waals surface area contributed by atoms with Crippen molar-refractivity contribution in [1.29, 1.82) is 0 Å². The van der Waals surface area contributed by atoms with E-state index in [-0.39, 0.29) is 16.7 Å². The minimum Gasteiger partial charge on any atom is -0.378 e. The van der Waals surface area contributed by atoms with Gasteiger partial charge in [-0.2, -0.15) is 0 Å². The number of carbonyl (C=O) groups excluding carboxylic acids is 1. The van der Waals surface area contributed by atoms with E-state index in [4.69, 9.17) is 0 Å². The molecule has 3 fully saturated rings. The lowest BCUT2D eigenvalue weighted by atomic mass is 9.43. The molecule has 3 nitrogen and oxygen atoms in total. The van der Waals surface area contributed by atoms with Crippen molar-refractivity contribution in [2.45, 2.75) is 84.2 Å². The van der Waals surface area contributed by atoms with Crippen LogP contribution in [0.25, 0.3) is 0 Å². The maximum Gasteiger partial charge on any atom is 0.155 e. The van der Waals surface area contributed by atoms with E-state index in [0.717, 1.165) is 38.5 Å². The van der Waals surface area contributed by atoms with Crippen molar-refractivity contribution >= 4 is 11.5 Å². The maximum absolute atomic E-state index is 12.4. The Morgan fingerprint density at radius 1 is 1.06 bits per heavy atom. The van der Waals surface area contributed by atoms with Crippen LogP contribution in [0.15, 0.2) is 35.9 Å². The zero-order chi connectivity index (χ0) is 25.2. The molecule has 7 atom stereocenters. The SMILES string of the molecule is CC(C)C#C[C@]1(O)CC[C@H]2[C@@H]3CCC4=CC(=O)CC[C@]4(C)C3[C@@H](c3ccc(N(C)C)cc3)C[C@@]21C. The van der Waals surface area contributed by atoms with E-state index < -0.39 is 5.60 Å². The second kappa shape index (κ2) is 8.52. The Kier molecular flexibility index (Phi) is 5.99. The van der Waals surface area contributed by atoms with Crippen molar-refractivity contribution in [2.24, 2.45) is 34.5 Å². The molecule has 1 aromatic rings. The fourth-order valence-electron chi connectivity index (χ4n) is 8.56. The number of rotatable bonds is 2. The average Bonchev–Trinajstić information content (AvgIpc) is 3.08. The summed E-state index contributed by atoms with van der Waals surface area (Å²) >= 11 is 0. The van der Waals surface area contributed by atoms with E-state index in [1.165, 1.54) is 16.8 Å². The van der Waals surface area contributed by atoms with Gasteiger partial charge in [-0.05, 0) is 91.4 Å². The predicted octanol–water partition coefficient (Wildman–Crippen LogP) is 6.37. The largest absolute Gasteiger partial charge is 0.378 e. The number of allylic oxidation sites excluding steroid dienone is 1. The molecule has 0 spiro atoms. The first-order valence-electron chi connectivity index (χ1n) is 13.7. The zero-order valence-electron chi connectivity index (χ0n) is 22.5. The van der Waals surface area contributed by atoms with Crippen LogP contribution in [-0.4, -0.2) is 30.6 Å². The van der Waals surface area contributed by atoms with Gasteiger partial charge in [-0.15, -0.1) is 0 Å². The highest BCUT2D eigenvalue weighted by Gasteiger charge is 2.66. The van der Waals surface area contributed by atoms with Crippen molar-refractivity contribution in [1.82, 2.24) is 0 Å². The summed E-state index contributed by atoms with van der Waals surface area (Å²) in [5.74, 6) is 9.19. The molecule has 4 aliphatic rings. The number of hydrogen-bond acceptors (Lipinski definition) is 3. The molecule has 0 aromatic heterocycles. The minimum atomic E-state index is -0.922. The number of ketones is 1. The van der Waals surface area contributed by atoms with Crippen LogP contribution in [0.5, 0.6) is 0 Å². The van der Waals surface area contributed by atoms with Crippen molar-refractivity contribution in [3.63, 3.8) is 0 Å². The molecule has 3 saturated carbocycles. The Bertz CT molecular complexity index is 1090. The van der Waals surface area contributed by atoms with Gasteiger partial charge in [-0.25, -0.2) is 0 Å². The van der Waals surface area contributed by atoms with E-state index in [2.05, 4.69) is 82.8 Å². The van der Waals surface area contributed by atoms with Gasteiger partial charge >= 0.3 is 0 Å². The molecule has 0 saturated heterocycles. The van der Waals surface area contributed by atoms with Crippen LogP contribution in [0, 0.1) is 46.3 Å². The van der Waals surface area contributed by atoms with E-state index in [9.17, 15) is 9.90 Å². The molecular weight excluding hydrogens is 430 g/mol. The molecule has 3 heteroatoms. The van der Waals surface area contributed by atoms with Gasteiger partial charge in [0.05, 0.1) is 0 Å². The zero-order valence-corrected chi connectivity index (χ0v) is 22.5. The lowest BCUT2D eigenvalue weighted by Crippen LogP contribution is -2.57. The third-order valence-corrected chi connectivity index (χ3v) is 10.5. The smallest absolute Gasteiger partial charge is 0.155 e. The van der Waals surface area contributed by atoms with Gasteiger partial charge in [-0.1, -0.05) is 57.2 Å². The molecule has 1 aromatic carbocycles. The molecule has 0 aliphatic heterocycles. The van der Waals surface area contributed by atoms with Crippen molar-refractivity contribution in [3.05, 3.63) is 41.5 Å². The fourth-order valence-corrected chi connectivity index (χ4v) is 8.56. The summed E-state index contributed by atoms with van der Waals surface area (Å²) in [6.45, 7) is 9.01. The number of aliphatic hydroxyl groups is 1. The molecule has 0 amide bonds. The maximum atomic E-state index is 12.4. The standard InChI is InChI=1S/C32H43NO2/c1-21(2)13-17-32(35)18-15-28-26-12-9-23-19-25(34)14-16-30(23,3)29(26)27(20-31(28,32)4)22-7-10-24(11-8-22)33(5)6/h7-8,10-11,19,21,26-29,35H,9,12,14-16,18,20H2,1-6H3/t26-,27+,28-,29?,30-,31-,32-/m0/s1. The number of fused-ring (bicyclic) bond motifs is 5. The van der Waals surface area contributed by atoms with Crippen LogP contribution in [0.3, 0.4) is 0 Å². The summed E-state index contributed by atoms with van der Waals surface area (Å²) in [6, 6.07) is 9.13. The summed E-state index contributed by atoms with van der Waals surface area (Å²) in [5.41, 5.74) is 2.91. The van der Waals surface area contributed by atoms with Gasteiger partial charge in [0.25, 0.3) is 0 Å². The van der Waals surface area contributed by atoms with Crippen molar-refractivity contribution < 1.29 is 9.90 Å². The molecule has 0 heterocycles. The number of nitrogens with zero attached hydrogens (tertiary/aromatic N) is 1. The van der Waals surface area contributed by atoms with Crippen LogP contribution in [0.1, 0.15) is 84.1 Å². The number of anilines is 1. The van der Waals surface area contributed by atoms with Crippen LogP contribution in [-0.2, 0) is 4.79 Å². The summed E-state index contributed by atoms with van der Waals surface area (Å²) in [6.07, 6.45) is 8.58. The molecule has 35 heavy (non-hydrogen) atoms. The van der Waals surface area contributed by atoms with E-state index in [0.29, 0.717) is 35.9 Å².